The van der Waals surface area contributed by atoms with Gasteiger partial charge in [-0.25, -0.2) is 4.79 Å². The lowest BCUT2D eigenvalue weighted by Crippen LogP contribution is -2.69. The highest BCUT2D eigenvalue weighted by Gasteiger charge is 2.62. The standard InChI is InChI=1S/C68H112O36/c1-71-25-34-41(99-63-54(83-13)47(76-6)40(69)33(92-63)30-90-61(70)32-23-21-20-22-24-32)49(78-8)56(85-15)64(94-34)100-42-35(26-72-2)95-65(57(86-16)50(42)79-9)101-43-36(27-73-3)96-66(58(87-17)51(43)80-10)102-44-37(28-74-4)97-67(59(88-18)52(44)81-11)103-45-38(29-75-5)98-68(60(89-19)53(45)82-12)104-46-39-31-91-62(93-39)55(84-14)48(46)77-7/h20-24,33-60,62-69H,25-31H2,1-19H3/t33?,34?,35-,36-,37?,38?,39-,40+,41+,42+,43+,44+,45+,46+,47-,48?,49?,50?,51?,52?,53?,54?,55?,56-,57?,58?,59-,60-,62+,63-,64-,65+,66-,67-,68-/m0/s1. The van der Waals surface area contributed by atoms with Crippen LogP contribution in [0.2, 0.25) is 0 Å². The fraction of sp³-hybridized carbons (Fsp3) is 0.897. The number of aliphatic hydroxyl groups is 1. The Labute approximate surface area is 607 Å². The first-order valence-electron chi connectivity index (χ1n) is 34.5. The number of carbonyl (C=O) groups is 1. The van der Waals surface area contributed by atoms with Crippen LogP contribution in [0.4, 0.5) is 0 Å². The lowest BCUT2D eigenvalue weighted by atomic mass is 9.94. The molecule has 1 aromatic carbocycles. The van der Waals surface area contributed by atoms with Crippen molar-refractivity contribution in [1.29, 1.82) is 0 Å². The van der Waals surface area contributed by atoms with Crippen LogP contribution in [0.1, 0.15) is 10.4 Å². The van der Waals surface area contributed by atoms with Crippen LogP contribution >= 0.6 is 0 Å². The molecule has 9 rings (SSSR count). The van der Waals surface area contributed by atoms with Crippen molar-refractivity contribution in [1.82, 2.24) is 0 Å². The molecule has 8 aliphatic rings. The Morgan fingerprint density at radius 2 is 0.567 bits per heavy atom. The van der Waals surface area contributed by atoms with E-state index in [1.165, 1.54) is 121 Å². The van der Waals surface area contributed by atoms with Gasteiger partial charge in [-0.1, -0.05) is 18.2 Å². The van der Waals surface area contributed by atoms with Crippen LogP contribution in [0.3, 0.4) is 0 Å². The van der Waals surface area contributed by atoms with Gasteiger partial charge in [0.2, 0.25) is 0 Å². The molecule has 36 nitrogen and oxygen atoms in total. The normalized spacial score (nSPS) is 43.4. The maximum atomic E-state index is 13.1. The summed E-state index contributed by atoms with van der Waals surface area (Å²) in [6.07, 6.45) is -34.2. The van der Waals surface area contributed by atoms with Crippen LogP contribution < -0.4 is 0 Å². The molecule has 1 aromatic rings. The molecule has 0 spiro atoms. The van der Waals surface area contributed by atoms with Crippen LogP contribution in [-0.4, -0.2) is 407 Å². The van der Waals surface area contributed by atoms with Gasteiger partial charge < -0.3 is 166 Å². The number of esters is 1. The van der Waals surface area contributed by atoms with E-state index in [9.17, 15) is 9.90 Å². The number of aliphatic hydroxyl groups excluding tert-OH is 1. The maximum absolute atomic E-state index is 13.1. The van der Waals surface area contributed by atoms with Gasteiger partial charge in [-0.15, -0.1) is 0 Å². The SMILES string of the molecule is COCC1O[C@@H](O[C@@H]2C(COC)O[C@@H](O[C@H]3C(OC)C(OC)[C@@H]4OC[C@@H]3O4)[C@@H](OC)C2OC)[C@@H](OC)C(OC)[C@@H]1O[C@@H]1O[C@@H](COC)[C@@H](O[C@H]2O[C@@H](COC)[C@@H](O[C@@H]3OC(COC)[C@@H](O[C@@H]4OC(COC(=O)c5ccccc5)[C@@H](O)[C@H](OC)C4OC)C(OC)[C@@H]3OC)C(OC)C2OC)C(OC)C1OC. The second-order valence-electron chi connectivity index (χ2n) is 25.8. The van der Waals surface area contributed by atoms with Crippen molar-refractivity contribution in [2.45, 2.75) is 215 Å². The number of methoxy groups -OCH3 is 19. The molecular weight excluding hydrogens is 1390 g/mol. The average molecular weight is 1510 g/mol. The van der Waals surface area contributed by atoms with Gasteiger partial charge in [0.1, 0.15) is 178 Å². The van der Waals surface area contributed by atoms with Crippen LogP contribution in [0.5, 0.6) is 0 Å². The summed E-state index contributed by atoms with van der Waals surface area (Å²) in [5.74, 6) is -0.624. The Bertz CT molecular complexity index is 2600. The smallest absolute Gasteiger partial charge is 0.338 e. The average Bonchev–Trinajstić information content (AvgIpc) is 1.19. The zero-order valence-corrected chi connectivity index (χ0v) is 62.8. The molecule has 600 valence electrons. The van der Waals surface area contributed by atoms with Gasteiger partial charge in [0.05, 0.1) is 45.2 Å². The number of hydrogen-bond acceptors (Lipinski definition) is 36. The van der Waals surface area contributed by atoms with Gasteiger partial charge >= 0.3 is 5.97 Å². The summed E-state index contributed by atoms with van der Waals surface area (Å²) in [5.41, 5.74) is 0.309. The molecule has 14 unspecified atom stereocenters. The molecular formula is C68H112O36. The minimum atomic E-state index is -1.31. The van der Waals surface area contributed by atoms with Crippen molar-refractivity contribution in [3.8, 4) is 0 Å². The highest BCUT2D eigenvalue weighted by atomic mass is 16.8. The molecule has 8 aliphatic heterocycles. The van der Waals surface area contributed by atoms with Gasteiger partial charge in [0, 0.05) is 135 Å². The summed E-state index contributed by atoms with van der Waals surface area (Å²) < 4.78 is 214. The summed E-state index contributed by atoms with van der Waals surface area (Å²) in [7, 11) is 28.4. The van der Waals surface area contributed by atoms with E-state index in [4.69, 9.17) is 161 Å². The van der Waals surface area contributed by atoms with Crippen LogP contribution in [0, 0.1) is 0 Å². The molecule has 8 heterocycles. The first-order valence-corrected chi connectivity index (χ1v) is 34.5. The molecule has 8 saturated heterocycles. The third-order valence-corrected chi connectivity index (χ3v) is 20.2. The monoisotopic (exact) mass is 1500 g/mol. The number of fused-ring (bicyclic) bond motifs is 2. The summed E-state index contributed by atoms with van der Waals surface area (Å²) in [6, 6.07) is 8.41. The summed E-state index contributed by atoms with van der Waals surface area (Å²) in [6.45, 7) is -0.327. The summed E-state index contributed by atoms with van der Waals surface area (Å²) in [4.78, 5) is 13.1. The molecule has 0 aromatic heterocycles. The Balaban J connectivity index is 0.906. The Hall–Kier alpha value is -2.67. The molecule has 0 aliphatic carbocycles. The fourth-order valence-electron chi connectivity index (χ4n) is 15.3. The Kier molecular flexibility index (Phi) is 34.1. The van der Waals surface area contributed by atoms with Gasteiger partial charge in [0.25, 0.3) is 0 Å². The number of benzene rings is 1. The molecule has 0 radical (unpaired) electrons. The molecule has 0 saturated carbocycles. The van der Waals surface area contributed by atoms with E-state index in [-0.39, 0.29) is 46.2 Å². The largest absolute Gasteiger partial charge is 0.459 e. The van der Waals surface area contributed by atoms with Crippen molar-refractivity contribution in [3.63, 3.8) is 0 Å². The van der Waals surface area contributed by atoms with Gasteiger partial charge in [-0.3, -0.25) is 0 Å². The topological polar surface area (TPSA) is 351 Å². The summed E-state index contributed by atoms with van der Waals surface area (Å²) in [5, 5.41) is 11.5. The van der Waals surface area contributed by atoms with E-state index >= 15 is 0 Å². The lowest BCUT2D eigenvalue weighted by Gasteiger charge is -2.52. The number of carbonyl (C=O) groups excluding carboxylic acids is 1. The van der Waals surface area contributed by atoms with E-state index in [0.29, 0.717) is 5.56 Å². The number of ether oxygens (including phenoxy) is 34. The quantitative estimate of drug-likeness (QED) is 0.0778. The first kappa shape index (κ1) is 85.3. The van der Waals surface area contributed by atoms with Crippen molar-refractivity contribution in [2.24, 2.45) is 0 Å². The zero-order chi connectivity index (χ0) is 74.9. The van der Waals surface area contributed by atoms with Gasteiger partial charge in [-0.05, 0) is 12.1 Å². The molecule has 2 bridgehead atoms. The minimum absolute atomic E-state index is 0.0212. The number of hydrogen-bond donors (Lipinski definition) is 1. The molecule has 0 amide bonds. The van der Waals surface area contributed by atoms with E-state index in [1.807, 2.05) is 0 Å². The minimum Gasteiger partial charge on any atom is -0.459 e. The van der Waals surface area contributed by atoms with Crippen LogP contribution in [0.25, 0.3) is 0 Å². The van der Waals surface area contributed by atoms with Crippen LogP contribution in [0.15, 0.2) is 30.3 Å². The second-order valence-corrected chi connectivity index (χ2v) is 25.8. The third kappa shape index (κ3) is 18.7. The molecule has 8 fully saturated rings. The van der Waals surface area contributed by atoms with Gasteiger partial charge in [-0.2, -0.15) is 0 Å². The molecule has 35 atom stereocenters. The predicted octanol–water partition coefficient (Wildman–Crippen LogP) is -0.938. The van der Waals surface area contributed by atoms with E-state index in [2.05, 4.69) is 0 Å². The fourth-order valence-corrected chi connectivity index (χ4v) is 15.3. The highest BCUT2D eigenvalue weighted by Crippen LogP contribution is 2.43. The lowest BCUT2D eigenvalue weighted by molar-refractivity contribution is -0.403. The van der Waals surface area contributed by atoms with E-state index in [0.717, 1.165) is 0 Å². The maximum Gasteiger partial charge on any atom is 0.338 e. The van der Waals surface area contributed by atoms with Crippen molar-refractivity contribution < 1.29 is 171 Å². The second kappa shape index (κ2) is 41.6. The third-order valence-electron chi connectivity index (χ3n) is 20.2. The van der Waals surface area contributed by atoms with Crippen LogP contribution in [-0.2, 0) is 161 Å². The predicted molar refractivity (Wildman–Crippen MR) is 349 cm³/mol. The van der Waals surface area contributed by atoms with Crippen molar-refractivity contribution in [2.75, 3.05) is 181 Å². The Morgan fingerprint density at radius 1 is 0.308 bits per heavy atom. The van der Waals surface area contributed by atoms with Crippen molar-refractivity contribution in [3.05, 3.63) is 35.9 Å². The summed E-state index contributed by atoms with van der Waals surface area (Å²) >= 11 is 0. The molecule has 104 heavy (non-hydrogen) atoms. The Morgan fingerprint density at radius 3 is 0.846 bits per heavy atom. The van der Waals surface area contributed by atoms with E-state index in [1.54, 1.807) is 44.6 Å². The van der Waals surface area contributed by atoms with Gasteiger partial charge in [0.15, 0.2) is 44.0 Å². The molecule has 1 N–H and O–H groups in total. The first-order chi connectivity index (χ1) is 50.6. The zero-order valence-electron chi connectivity index (χ0n) is 62.8. The van der Waals surface area contributed by atoms with E-state index < -0.39 is 221 Å². The highest BCUT2D eigenvalue weighted by molar-refractivity contribution is 5.89. The molecule has 36 heteroatoms. The number of rotatable bonds is 39. The van der Waals surface area contributed by atoms with Crippen molar-refractivity contribution >= 4 is 5.97 Å².